The molecule has 2 unspecified atom stereocenters. The molecule has 1 aliphatic carbocycles. The molecule has 1 heterocycles. The van der Waals surface area contributed by atoms with E-state index in [1.165, 1.54) is 18.3 Å². The van der Waals surface area contributed by atoms with Gasteiger partial charge in [-0.15, -0.1) is 0 Å². The molecule has 1 fully saturated rings. The standard InChI is InChI=1S/C15H12F3N3O2/c16-15(17,18)10-4-2-1-3-8(10)9-5-11(9)21-13-7-19-12(6-20-13)14(22)23/h1-4,6-7,9,11H,5H2,(H,20,21)(H,22,23). The second-order valence-corrected chi connectivity index (χ2v) is 5.27. The first kappa shape index (κ1) is 15.3. The molecule has 1 saturated carbocycles. The summed E-state index contributed by atoms with van der Waals surface area (Å²) in [7, 11) is 0. The number of carboxylic acids is 1. The van der Waals surface area contributed by atoms with Crippen LogP contribution in [0.5, 0.6) is 0 Å². The van der Waals surface area contributed by atoms with Gasteiger partial charge in [-0.05, 0) is 18.1 Å². The van der Waals surface area contributed by atoms with Crippen molar-refractivity contribution in [1.82, 2.24) is 9.97 Å². The topological polar surface area (TPSA) is 75.1 Å². The van der Waals surface area contributed by atoms with Crippen molar-refractivity contribution >= 4 is 11.8 Å². The number of hydrogen-bond acceptors (Lipinski definition) is 4. The highest BCUT2D eigenvalue weighted by Gasteiger charge is 2.44. The predicted octanol–water partition coefficient (Wildman–Crippen LogP) is 3.16. The van der Waals surface area contributed by atoms with Gasteiger partial charge in [0.1, 0.15) is 5.82 Å². The maximum absolute atomic E-state index is 13.0. The average molecular weight is 323 g/mol. The Morgan fingerprint density at radius 1 is 1.22 bits per heavy atom. The van der Waals surface area contributed by atoms with Crippen LogP contribution >= 0.6 is 0 Å². The first-order valence-electron chi connectivity index (χ1n) is 6.84. The quantitative estimate of drug-likeness (QED) is 0.904. The van der Waals surface area contributed by atoms with Crippen LogP contribution in [0.1, 0.15) is 34.0 Å². The van der Waals surface area contributed by atoms with Gasteiger partial charge in [-0.25, -0.2) is 14.8 Å². The van der Waals surface area contributed by atoms with Crippen molar-refractivity contribution in [1.29, 1.82) is 0 Å². The van der Waals surface area contributed by atoms with E-state index in [9.17, 15) is 18.0 Å². The van der Waals surface area contributed by atoms with Gasteiger partial charge >= 0.3 is 12.1 Å². The zero-order valence-corrected chi connectivity index (χ0v) is 11.7. The van der Waals surface area contributed by atoms with Crippen LogP contribution < -0.4 is 5.32 Å². The fraction of sp³-hybridized carbons (Fsp3) is 0.267. The van der Waals surface area contributed by atoms with Gasteiger partial charge in [0.25, 0.3) is 0 Å². The highest BCUT2D eigenvalue weighted by Crippen LogP contribution is 2.47. The number of hydrogen-bond donors (Lipinski definition) is 2. The number of halogens is 3. The van der Waals surface area contributed by atoms with Crippen molar-refractivity contribution < 1.29 is 23.1 Å². The lowest BCUT2D eigenvalue weighted by atomic mass is 10.0. The molecule has 5 nitrogen and oxygen atoms in total. The lowest BCUT2D eigenvalue weighted by molar-refractivity contribution is -0.138. The molecule has 0 aliphatic heterocycles. The maximum atomic E-state index is 13.0. The Hall–Kier alpha value is -2.64. The van der Waals surface area contributed by atoms with Gasteiger partial charge in [-0.2, -0.15) is 13.2 Å². The highest BCUT2D eigenvalue weighted by molar-refractivity contribution is 5.84. The minimum Gasteiger partial charge on any atom is -0.476 e. The number of aromatic carboxylic acids is 1. The fourth-order valence-corrected chi connectivity index (χ4v) is 2.48. The SMILES string of the molecule is O=C(O)c1cnc(NC2CC2c2ccccc2C(F)(F)F)cn1. The van der Waals surface area contributed by atoms with Crippen LogP contribution in [0, 0.1) is 0 Å². The van der Waals surface area contributed by atoms with Crippen molar-refractivity contribution in [2.75, 3.05) is 5.32 Å². The molecule has 2 N–H and O–H groups in total. The normalized spacial score (nSPS) is 20.1. The third kappa shape index (κ3) is 3.25. The molecule has 2 atom stereocenters. The Labute approximate surface area is 129 Å². The van der Waals surface area contributed by atoms with Gasteiger partial charge in [0.05, 0.1) is 18.0 Å². The summed E-state index contributed by atoms with van der Waals surface area (Å²) in [5, 5.41) is 11.7. The maximum Gasteiger partial charge on any atom is 0.416 e. The average Bonchev–Trinajstić information content (AvgIpc) is 3.26. The van der Waals surface area contributed by atoms with E-state index in [1.807, 2.05) is 0 Å². The van der Waals surface area contributed by atoms with Gasteiger partial charge in [0.2, 0.25) is 0 Å². The number of rotatable bonds is 4. The van der Waals surface area contributed by atoms with Crippen LogP contribution in [0.4, 0.5) is 19.0 Å². The van der Waals surface area contributed by atoms with Gasteiger partial charge in [-0.1, -0.05) is 18.2 Å². The monoisotopic (exact) mass is 323 g/mol. The summed E-state index contributed by atoms with van der Waals surface area (Å²) in [6.07, 6.45) is -1.47. The molecule has 0 saturated heterocycles. The number of nitrogens with zero attached hydrogens (tertiary/aromatic N) is 2. The fourth-order valence-electron chi connectivity index (χ4n) is 2.48. The smallest absolute Gasteiger partial charge is 0.416 e. The molecule has 0 amide bonds. The second kappa shape index (κ2) is 5.53. The summed E-state index contributed by atoms with van der Waals surface area (Å²) in [5.41, 5.74) is -0.556. The number of anilines is 1. The van der Waals surface area contributed by atoms with E-state index in [2.05, 4.69) is 15.3 Å². The lowest BCUT2D eigenvalue weighted by Gasteiger charge is -2.12. The van der Waals surface area contributed by atoms with E-state index in [0.29, 0.717) is 12.2 Å². The predicted molar refractivity (Wildman–Crippen MR) is 75.2 cm³/mol. The zero-order chi connectivity index (χ0) is 16.6. The van der Waals surface area contributed by atoms with E-state index in [4.69, 9.17) is 5.11 Å². The Bertz CT molecular complexity index is 731. The minimum absolute atomic E-state index is 0.177. The largest absolute Gasteiger partial charge is 0.476 e. The molecule has 1 aliphatic rings. The molecule has 2 aromatic rings. The Kier molecular flexibility index (Phi) is 3.67. The molecule has 1 aromatic heterocycles. The van der Waals surface area contributed by atoms with Gasteiger partial charge < -0.3 is 10.4 Å². The number of benzene rings is 1. The van der Waals surface area contributed by atoms with E-state index in [1.54, 1.807) is 6.07 Å². The third-order valence-electron chi connectivity index (χ3n) is 3.66. The number of carbonyl (C=O) groups is 1. The zero-order valence-electron chi connectivity index (χ0n) is 11.7. The van der Waals surface area contributed by atoms with Crippen molar-refractivity contribution in [2.24, 2.45) is 0 Å². The number of aromatic nitrogens is 2. The van der Waals surface area contributed by atoms with Crippen LogP contribution in [0.25, 0.3) is 0 Å². The van der Waals surface area contributed by atoms with Crippen molar-refractivity contribution in [3.05, 3.63) is 53.5 Å². The molecule has 1 aromatic carbocycles. The van der Waals surface area contributed by atoms with Gasteiger partial charge in [-0.3, -0.25) is 0 Å². The molecule has 8 heteroatoms. The van der Waals surface area contributed by atoms with Crippen LogP contribution in [0.2, 0.25) is 0 Å². The van der Waals surface area contributed by atoms with Crippen LogP contribution in [-0.4, -0.2) is 27.1 Å². The van der Waals surface area contributed by atoms with Crippen LogP contribution in [0.15, 0.2) is 36.7 Å². The first-order valence-corrected chi connectivity index (χ1v) is 6.84. The van der Waals surface area contributed by atoms with E-state index in [0.717, 1.165) is 12.3 Å². The third-order valence-corrected chi connectivity index (χ3v) is 3.66. The van der Waals surface area contributed by atoms with Gasteiger partial charge in [0, 0.05) is 12.0 Å². The van der Waals surface area contributed by atoms with Crippen LogP contribution in [-0.2, 0) is 6.18 Å². The van der Waals surface area contributed by atoms with E-state index in [-0.39, 0.29) is 23.2 Å². The van der Waals surface area contributed by atoms with Crippen molar-refractivity contribution in [2.45, 2.75) is 24.6 Å². The molecule has 0 spiro atoms. The summed E-state index contributed by atoms with van der Waals surface area (Å²) in [6.45, 7) is 0. The Balaban J connectivity index is 1.72. The van der Waals surface area contributed by atoms with Crippen LogP contribution in [0.3, 0.4) is 0 Å². The molecule has 0 radical (unpaired) electrons. The van der Waals surface area contributed by atoms with Crippen molar-refractivity contribution in [3.8, 4) is 0 Å². The summed E-state index contributed by atoms with van der Waals surface area (Å²) in [4.78, 5) is 18.3. The molecular formula is C15H12F3N3O2. The molecule has 3 rings (SSSR count). The summed E-state index contributed by atoms with van der Waals surface area (Å²) in [6, 6.07) is 5.33. The Morgan fingerprint density at radius 2 is 1.96 bits per heavy atom. The number of nitrogens with one attached hydrogen (secondary N) is 1. The molecule has 0 bridgehead atoms. The summed E-state index contributed by atoms with van der Waals surface area (Å²) in [5.74, 6) is -1.10. The Morgan fingerprint density at radius 3 is 2.57 bits per heavy atom. The van der Waals surface area contributed by atoms with E-state index < -0.39 is 17.7 Å². The minimum atomic E-state index is -4.38. The number of alkyl halides is 3. The highest BCUT2D eigenvalue weighted by atomic mass is 19.4. The van der Waals surface area contributed by atoms with Crippen molar-refractivity contribution in [3.63, 3.8) is 0 Å². The summed E-state index contributed by atoms with van der Waals surface area (Å²) < 4.78 is 39.0. The molecule has 120 valence electrons. The molecular weight excluding hydrogens is 311 g/mol. The van der Waals surface area contributed by atoms with E-state index >= 15 is 0 Å². The number of carboxylic acid groups (broad SMARTS) is 1. The summed E-state index contributed by atoms with van der Waals surface area (Å²) >= 11 is 0. The molecule has 23 heavy (non-hydrogen) atoms. The lowest BCUT2D eigenvalue weighted by Crippen LogP contribution is -2.12. The second-order valence-electron chi connectivity index (χ2n) is 5.27. The van der Waals surface area contributed by atoms with Gasteiger partial charge in [0.15, 0.2) is 5.69 Å². The first-order chi connectivity index (χ1) is 10.9.